The van der Waals surface area contributed by atoms with Gasteiger partial charge >= 0.3 is 0 Å². The van der Waals surface area contributed by atoms with Crippen molar-refractivity contribution in [1.82, 2.24) is 5.32 Å². The van der Waals surface area contributed by atoms with Gasteiger partial charge in [0.1, 0.15) is 0 Å². The first-order chi connectivity index (χ1) is 8.04. The Morgan fingerprint density at radius 3 is 2.65 bits per heavy atom. The number of nitrogens with one attached hydrogen (secondary N) is 1. The Morgan fingerprint density at radius 2 is 2.12 bits per heavy atom. The molecule has 1 atom stereocenters. The van der Waals surface area contributed by atoms with E-state index in [-0.39, 0.29) is 6.10 Å². The monoisotopic (exact) mass is 236 g/mol. The van der Waals surface area contributed by atoms with Crippen LogP contribution in [-0.4, -0.2) is 31.9 Å². The van der Waals surface area contributed by atoms with Gasteiger partial charge < -0.3 is 15.3 Å². The molecule has 0 aliphatic rings. The van der Waals surface area contributed by atoms with Gasteiger partial charge in [-0.3, -0.25) is 0 Å². The van der Waals surface area contributed by atoms with Crippen molar-refractivity contribution in [3.8, 4) is 0 Å². The summed E-state index contributed by atoms with van der Waals surface area (Å²) in [6.45, 7) is 5.74. The zero-order valence-electron chi connectivity index (χ0n) is 11.3. The summed E-state index contributed by atoms with van der Waals surface area (Å²) in [5.74, 6) is 0. The Morgan fingerprint density at radius 1 is 1.41 bits per heavy atom. The smallest absolute Gasteiger partial charge is 0.0528 e. The molecule has 0 aromatic heterocycles. The molecular weight excluding hydrogens is 212 g/mol. The summed E-state index contributed by atoms with van der Waals surface area (Å²) < 4.78 is 0. The zero-order chi connectivity index (χ0) is 12.8. The van der Waals surface area contributed by atoms with Gasteiger partial charge in [0.25, 0.3) is 0 Å². The molecule has 0 heterocycles. The first kappa shape index (κ1) is 14.0. The Balaban J connectivity index is 2.70. The Kier molecular flexibility index (Phi) is 5.45. The highest BCUT2D eigenvalue weighted by Crippen LogP contribution is 2.20. The normalized spacial score (nSPS) is 12.5. The predicted molar refractivity (Wildman–Crippen MR) is 73.5 cm³/mol. The van der Waals surface area contributed by atoms with E-state index in [9.17, 15) is 5.11 Å². The fourth-order valence-electron chi connectivity index (χ4n) is 1.96. The summed E-state index contributed by atoms with van der Waals surface area (Å²) in [5, 5.41) is 12.4. The summed E-state index contributed by atoms with van der Waals surface area (Å²) in [4.78, 5) is 2.20. The van der Waals surface area contributed by atoms with E-state index in [0.717, 1.165) is 19.5 Å². The van der Waals surface area contributed by atoms with Crippen LogP contribution in [0.25, 0.3) is 0 Å². The van der Waals surface area contributed by atoms with Crippen LogP contribution in [0.1, 0.15) is 24.5 Å². The summed E-state index contributed by atoms with van der Waals surface area (Å²) in [5.41, 5.74) is 3.83. The molecule has 0 aliphatic carbocycles. The molecule has 2 N–H and O–H groups in total. The van der Waals surface area contributed by atoms with Gasteiger partial charge in [-0.05, 0) is 44.5 Å². The van der Waals surface area contributed by atoms with E-state index >= 15 is 0 Å². The van der Waals surface area contributed by atoms with E-state index in [1.54, 1.807) is 0 Å². The molecule has 0 fully saturated rings. The summed E-state index contributed by atoms with van der Waals surface area (Å²) in [6.07, 6.45) is 0.565. The molecule has 0 amide bonds. The van der Waals surface area contributed by atoms with Crippen LogP contribution in [0.4, 0.5) is 5.69 Å². The molecule has 17 heavy (non-hydrogen) atoms. The van der Waals surface area contributed by atoms with E-state index in [2.05, 4.69) is 42.4 Å². The minimum absolute atomic E-state index is 0.235. The molecule has 0 spiro atoms. The van der Waals surface area contributed by atoms with Crippen molar-refractivity contribution in [1.29, 1.82) is 0 Å². The molecule has 0 aliphatic heterocycles. The van der Waals surface area contributed by atoms with E-state index in [1.165, 1.54) is 16.8 Å². The second kappa shape index (κ2) is 6.62. The van der Waals surface area contributed by atoms with Crippen molar-refractivity contribution >= 4 is 5.69 Å². The lowest BCUT2D eigenvalue weighted by atomic mass is 10.1. The number of aryl methyl sites for hydroxylation is 1. The van der Waals surface area contributed by atoms with E-state index < -0.39 is 0 Å². The molecule has 0 bridgehead atoms. The van der Waals surface area contributed by atoms with Crippen molar-refractivity contribution in [2.45, 2.75) is 32.9 Å². The van der Waals surface area contributed by atoms with Crippen molar-refractivity contribution in [2.75, 3.05) is 25.5 Å². The van der Waals surface area contributed by atoms with Crippen LogP contribution in [0.2, 0.25) is 0 Å². The quantitative estimate of drug-likeness (QED) is 0.792. The maximum Gasteiger partial charge on any atom is 0.0528 e. The van der Waals surface area contributed by atoms with Crippen LogP contribution in [0.5, 0.6) is 0 Å². The number of hydrogen-bond donors (Lipinski definition) is 2. The second-order valence-corrected chi connectivity index (χ2v) is 4.71. The van der Waals surface area contributed by atoms with Gasteiger partial charge in [-0.1, -0.05) is 12.1 Å². The fourth-order valence-corrected chi connectivity index (χ4v) is 1.96. The van der Waals surface area contributed by atoms with Crippen LogP contribution < -0.4 is 10.2 Å². The average Bonchev–Trinajstić information content (AvgIpc) is 2.26. The summed E-state index contributed by atoms with van der Waals surface area (Å²) in [6, 6.07) is 6.52. The maximum absolute atomic E-state index is 9.30. The molecule has 3 heteroatoms. The largest absolute Gasteiger partial charge is 0.393 e. The number of aliphatic hydroxyl groups excluding tert-OH is 1. The lowest BCUT2D eigenvalue weighted by Crippen LogP contribution is -2.22. The van der Waals surface area contributed by atoms with Gasteiger partial charge in [0.2, 0.25) is 0 Å². The number of anilines is 1. The highest BCUT2D eigenvalue weighted by Gasteiger charge is 2.06. The van der Waals surface area contributed by atoms with Crippen LogP contribution >= 0.6 is 0 Å². The molecule has 1 rings (SSSR count). The van der Waals surface area contributed by atoms with Crippen LogP contribution in [-0.2, 0) is 6.54 Å². The second-order valence-electron chi connectivity index (χ2n) is 4.71. The van der Waals surface area contributed by atoms with Crippen LogP contribution in [0.15, 0.2) is 18.2 Å². The molecule has 1 aromatic carbocycles. The first-order valence-electron chi connectivity index (χ1n) is 6.18. The van der Waals surface area contributed by atoms with Crippen molar-refractivity contribution in [3.63, 3.8) is 0 Å². The third kappa shape index (κ3) is 4.36. The predicted octanol–water partition coefficient (Wildman–Crippen LogP) is 1.92. The highest BCUT2D eigenvalue weighted by molar-refractivity contribution is 5.53. The van der Waals surface area contributed by atoms with Gasteiger partial charge in [-0.15, -0.1) is 0 Å². The number of nitrogens with zero attached hydrogens (tertiary/aromatic N) is 1. The van der Waals surface area contributed by atoms with Crippen LogP contribution in [0, 0.1) is 6.92 Å². The molecule has 96 valence electrons. The standard InChI is InChI=1S/C14H24N2O/c1-11-9-13(10-15-3)5-6-14(11)16(4)8-7-12(2)17/h5-6,9,12,15,17H,7-8,10H2,1-4H3. The third-order valence-electron chi connectivity index (χ3n) is 2.94. The molecule has 1 aromatic rings. The SMILES string of the molecule is CNCc1ccc(N(C)CCC(C)O)c(C)c1. The average molecular weight is 236 g/mol. The number of hydrogen-bond acceptors (Lipinski definition) is 3. The van der Waals surface area contributed by atoms with Crippen molar-refractivity contribution in [3.05, 3.63) is 29.3 Å². The van der Waals surface area contributed by atoms with Gasteiger partial charge in [0, 0.05) is 25.8 Å². The number of aliphatic hydroxyl groups is 1. The van der Waals surface area contributed by atoms with E-state index in [4.69, 9.17) is 0 Å². The molecule has 1 unspecified atom stereocenters. The topological polar surface area (TPSA) is 35.5 Å². The third-order valence-corrected chi connectivity index (χ3v) is 2.94. The van der Waals surface area contributed by atoms with Gasteiger partial charge in [-0.25, -0.2) is 0 Å². The van der Waals surface area contributed by atoms with Crippen molar-refractivity contribution < 1.29 is 5.11 Å². The lowest BCUT2D eigenvalue weighted by Gasteiger charge is -2.22. The summed E-state index contributed by atoms with van der Waals surface area (Å²) >= 11 is 0. The Labute approximate surface area is 104 Å². The molecular formula is C14H24N2O. The molecule has 0 radical (unpaired) electrons. The molecule has 0 saturated carbocycles. The fraction of sp³-hybridized carbons (Fsp3) is 0.571. The lowest BCUT2D eigenvalue weighted by molar-refractivity contribution is 0.187. The van der Waals surface area contributed by atoms with E-state index in [0.29, 0.717) is 0 Å². The highest BCUT2D eigenvalue weighted by atomic mass is 16.3. The van der Waals surface area contributed by atoms with Crippen molar-refractivity contribution in [2.24, 2.45) is 0 Å². The number of benzene rings is 1. The Hall–Kier alpha value is -1.06. The molecule has 3 nitrogen and oxygen atoms in total. The maximum atomic E-state index is 9.30. The number of rotatable bonds is 6. The summed E-state index contributed by atoms with van der Waals surface area (Å²) in [7, 11) is 4.03. The van der Waals surface area contributed by atoms with E-state index in [1.807, 2.05) is 14.0 Å². The van der Waals surface area contributed by atoms with Gasteiger partial charge in [0.15, 0.2) is 0 Å². The Bertz CT molecular complexity index is 350. The first-order valence-corrected chi connectivity index (χ1v) is 6.18. The minimum Gasteiger partial charge on any atom is -0.393 e. The van der Waals surface area contributed by atoms with Crippen LogP contribution in [0.3, 0.4) is 0 Å². The molecule has 0 saturated heterocycles. The minimum atomic E-state index is -0.235. The van der Waals surface area contributed by atoms with Gasteiger partial charge in [-0.2, -0.15) is 0 Å². The zero-order valence-corrected chi connectivity index (χ0v) is 11.3. The van der Waals surface area contributed by atoms with Gasteiger partial charge in [0.05, 0.1) is 6.10 Å².